The van der Waals surface area contributed by atoms with Crippen LogP contribution in [0.4, 0.5) is 11.6 Å². The van der Waals surface area contributed by atoms with Gasteiger partial charge in [0.15, 0.2) is 0 Å². The van der Waals surface area contributed by atoms with Crippen molar-refractivity contribution >= 4 is 11.6 Å². The van der Waals surface area contributed by atoms with Crippen LogP contribution < -0.4 is 16.2 Å². The Morgan fingerprint density at radius 2 is 1.62 bits per heavy atom. The van der Waals surface area contributed by atoms with Crippen LogP contribution >= 0.6 is 0 Å². The molecule has 82 valence electrons. The van der Waals surface area contributed by atoms with E-state index in [-0.39, 0.29) is 0 Å². The van der Waals surface area contributed by atoms with Gasteiger partial charge >= 0.3 is 0 Å². The second kappa shape index (κ2) is 4.53. The Kier molecular flexibility index (Phi) is 2.91. The summed E-state index contributed by atoms with van der Waals surface area (Å²) in [6.07, 6.45) is 0. The molecule has 2 aromatic rings. The molecule has 0 unspecified atom stereocenters. The molecule has 0 bridgehead atoms. The van der Waals surface area contributed by atoms with E-state index in [4.69, 9.17) is 16.2 Å². The van der Waals surface area contributed by atoms with Gasteiger partial charge in [0.2, 0.25) is 0 Å². The largest absolute Gasteiger partial charge is 0.489 e. The van der Waals surface area contributed by atoms with Crippen LogP contribution in [0.25, 0.3) is 0 Å². The third kappa shape index (κ3) is 2.63. The van der Waals surface area contributed by atoms with Crippen LogP contribution in [0, 0.1) is 0 Å². The monoisotopic (exact) mass is 215 g/mol. The number of hydrogen-bond acceptors (Lipinski definition) is 4. The summed E-state index contributed by atoms with van der Waals surface area (Å²) in [5.74, 6) is 1.36. The summed E-state index contributed by atoms with van der Waals surface area (Å²) in [7, 11) is 0. The lowest BCUT2D eigenvalue weighted by molar-refractivity contribution is 0.306. The topological polar surface area (TPSA) is 74.2 Å². The number of anilines is 2. The third-order valence-corrected chi connectivity index (χ3v) is 2.09. The van der Waals surface area contributed by atoms with E-state index < -0.39 is 0 Å². The highest BCUT2D eigenvalue weighted by Crippen LogP contribution is 2.18. The highest BCUT2D eigenvalue weighted by molar-refractivity contribution is 5.46. The lowest BCUT2D eigenvalue weighted by atomic mass is 10.2. The van der Waals surface area contributed by atoms with Gasteiger partial charge in [0.05, 0.1) is 0 Å². The van der Waals surface area contributed by atoms with Crippen molar-refractivity contribution in [2.45, 2.75) is 6.61 Å². The van der Waals surface area contributed by atoms with E-state index >= 15 is 0 Å². The molecule has 0 aliphatic carbocycles. The first-order valence-corrected chi connectivity index (χ1v) is 4.94. The molecule has 0 aliphatic heterocycles. The molecule has 16 heavy (non-hydrogen) atoms. The molecule has 4 heteroatoms. The minimum absolute atomic E-state index is 0.364. The molecule has 4 nitrogen and oxygen atoms in total. The van der Waals surface area contributed by atoms with Crippen LogP contribution in [0.3, 0.4) is 0 Å². The zero-order chi connectivity index (χ0) is 11.4. The fourth-order valence-electron chi connectivity index (χ4n) is 1.37. The van der Waals surface area contributed by atoms with Crippen molar-refractivity contribution in [1.29, 1.82) is 0 Å². The van der Waals surface area contributed by atoms with Crippen molar-refractivity contribution in [1.82, 2.24) is 4.98 Å². The molecule has 0 amide bonds. The van der Waals surface area contributed by atoms with Crippen LogP contribution in [-0.4, -0.2) is 4.98 Å². The number of pyridine rings is 1. The number of aromatic nitrogens is 1. The minimum atomic E-state index is 0.364. The molecule has 1 aromatic heterocycles. The number of hydrogen-bond donors (Lipinski definition) is 2. The Bertz CT molecular complexity index is 451. The molecular weight excluding hydrogens is 202 g/mol. The Hall–Kier alpha value is -2.23. The first kappa shape index (κ1) is 10.3. The van der Waals surface area contributed by atoms with Gasteiger partial charge < -0.3 is 16.2 Å². The predicted molar refractivity (Wildman–Crippen MR) is 63.8 cm³/mol. The second-order valence-electron chi connectivity index (χ2n) is 3.43. The van der Waals surface area contributed by atoms with Gasteiger partial charge in [0, 0.05) is 12.1 Å². The number of nitrogen functional groups attached to an aromatic ring is 2. The molecule has 0 spiro atoms. The van der Waals surface area contributed by atoms with Crippen LogP contribution in [0.15, 0.2) is 42.5 Å². The zero-order valence-electron chi connectivity index (χ0n) is 8.76. The summed E-state index contributed by atoms with van der Waals surface area (Å²) < 4.78 is 5.55. The molecule has 0 fully saturated rings. The lowest BCUT2D eigenvalue weighted by Gasteiger charge is -2.07. The Morgan fingerprint density at radius 3 is 2.25 bits per heavy atom. The molecule has 0 aliphatic rings. The summed E-state index contributed by atoms with van der Waals surface area (Å²) in [6.45, 7) is 0.490. The van der Waals surface area contributed by atoms with Gasteiger partial charge in [0.25, 0.3) is 0 Å². The maximum atomic E-state index is 5.56. The van der Waals surface area contributed by atoms with Gasteiger partial charge in [-0.1, -0.05) is 30.3 Å². The van der Waals surface area contributed by atoms with Crippen LogP contribution in [0.2, 0.25) is 0 Å². The molecule has 1 aromatic carbocycles. The average molecular weight is 215 g/mol. The van der Waals surface area contributed by atoms with Crippen molar-refractivity contribution in [3.63, 3.8) is 0 Å². The van der Waals surface area contributed by atoms with Gasteiger partial charge in [0.1, 0.15) is 24.0 Å². The Morgan fingerprint density at radius 1 is 1.00 bits per heavy atom. The fraction of sp³-hybridized carbons (Fsp3) is 0.0833. The van der Waals surface area contributed by atoms with Gasteiger partial charge in [-0.05, 0) is 5.56 Å². The van der Waals surface area contributed by atoms with Crippen LogP contribution in [0.5, 0.6) is 5.75 Å². The number of nitrogens with zero attached hydrogens (tertiary/aromatic N) is 1. The van der Waals surface area contributed by atoms with E-state index in [0.717, 1.165) is 5.56 Å². The Labute approximate surface area is 93.9 Å². The van der Waals surface area contributed by atoms with Gasteiger partial charge in [-0.25, -0.2) is 4.98 Å². The molecule has 0 atom stereocenters. The van der Waals surface area contributed by atoms with Gasteiger partial charge in [-0.2, -0.15) is 0 Å². The van der Waals surface area contributed by atoms with Crippen LogP contribution in [0.1, 0.15) is 5.56 Å². The number of ether oxygens (including phenoxy) is 1. The second-order valence-corrected chi connectivity index (χ2v) is 3.43. The smallest absolute Gasteiger partial charge is 0.129 e. The van der Waals surface area contributed by atoms with E-state index in [0.29, 0.717) is 24.0 Å². The molecule has 0 saturated carbocycles. The lowest BCUT2D eigenvalue weighted by Crippen LogP contribution is -2.00. The summed E-state index contributed by atoms with van der Waals surface area (Å²) >= 11 is 0. The molecular formula is C12H13N3O. The van der Waals surface area contributed by atoms with Crippen LogP contribution in [-0.2, 0) is 6.61 Å². The predicted octanol–water partition coefficient (Wildman–Crippen LogP) is 1.82. The summed E-state index contributed by atoms with van der Waals surface area (Å²) in [5.41, 5.74) is 12.2. The minimum Gasteiger partial charge on any atom is -0.489 e. The number of rotatable bonds is 3. The number of nitrogens with two attached hydrogens (primary N) is 2. The number of benzene rings is 1. The average Bonchev–Trinajstić information content (AvgIpc) is 2.27. The summed E-state index contributed by atoms with van der Waals surface area (Å²) in [5, 5.41) is 0. The summed E-state index contributed by atoms with van der Waals surface area (Å²) in [4.78, 5) is 3.86. The third-order valence-electron chi connectivity index (χ3n) is 2.09. The SMILES string of the molecule is Nc1cc(OCc2ccccc2)cc(N)n1. The molecule has 4 N–H and O–H groups in total. The fourth-order valence-corrected chi connectivity index (χ4v) is 1.37. The first-order chi connectivity index (χ1) is 7.74. The molecule has 2 rings (SSSR count). The van der Waals surface area contributed by atoms with E-state index in [9.17, 15) is 0 Å². The van der Waals surface area contributed by atoms with Crippen molar-refractivity contribution in [3.8, 4) is 5.75 Å². The highest BCUT2D eigenvalue weighted by Gasteiger charge is 1.99. The highest BCUT2D eigenvalue weighted by atomic mass is 16.5. The quantitative estimate of drug-likeness (QED) is 0.819. The standard InChI is InChI=1S/C12H13N3O/c13-11-6-10(7-12(14)15-11)16-8-9-4-2-1-3-5-9/h1-7H,8H2,(H4,13,14,15). The summed E-state index contributed by atoms with van der Waals surface area (Å²) in [6, 6.07) is 13.2. The van der Waals surface area contributed by atoms with Crippen molar-refractivity contribution in [2.75, 3.05) is 11.5 Å². The van der Waals surface area contributed by atoms with Crippen molar-refractivity contribution in [3.05, 3.63) is 48.0 Å². The van der Waals surface area contributed by atoms with Gasteiger partial charge in [-0.3, -0.25) is 0 Å². The van der Waals surface area contributed by atoms with E-state index in [2.05, 4.69) is 4.98 Å². The van der Waals surface area contributed by atoms with E-state index in [1.54, 1.807) is 12.1 Å². The normalized spacial score (nSPS) is 10.0. The maximum absolute atomic E-state index is 5.56. The molecule has 1 heterocycles. The molecule has 0 radical (unpaired) electrons. The molecule has 0 saturated heterocycles. The van der Waals surface area contributed by atoms with Crippen molar-refractivity contribution < 1.29 is 4.74 Å². The zero-order valence-corrected chi connectivity index (χ0v) is 8.76. The first-order valence-electron chi connectivity index (χ1n) is 4.94. The van der Waals surface area contributed by atoms with Crippen molar-refractivity contribution in [2.24, 2.45) is 0 Å². The maximum Gasteiger partial charge on any atom is 0.129 e. The van der Waals surface area contributed by atoms with E-state index in [1.807, 2.05) is 30.3 Å². The van der Waals surface area contributed by atoms with Gasteiger partial charge in [-0.15, -0.1) is 0 Å². The Balaban J connectivity index is 2.05. The van der Waals surface area contributed by atoms with E-state index in [1.165, 1.54) is 0 Å².